The second-order valence-electron chi connectivity index (χ2n) is 5.68. The molecule has 0 saturated heterocycles. The lowest BCUT2D eigenvalue weighted by Crippen LogP contribution is -2.39. The van der Waals surface area contributed by atoms with Gasteiger partial charge in [0, 0.05) is 6.54 Å². The van der Waals surface area contributed by atoms with E-state index in [4.69, 9.17) is 0 Å². The van der Waals surface area contributed by atoms with Crippen molar-refractivity contribution in [2.24, 2.45) is 23.7 Å². The molecule has 2 N–H and O–H groups in total. The SMILES string of the molecule is O=C(NCc1ccc(F)cc1)[C@@H]1[C@@H](C(=O)O)[C@H]2C=C[C@@H]1C2. The number of carbonyl (C=O) groups excluding carboxylic acids is 1. The third-order valence-electron chi connectivity index (χ3n) is 4.43. The largest absolute Gasteiger partial charge is 0.481 e. The zero-order valence-corrected chi connectivity index (χ0v) is 11.3. The van der Waals surface area contributed by atoms with Gasteiger partial charge in [-0.1, -0.05) is 24.3 Å². The van der Waals surface area contributed by atoms with E-state index in [1.165, 1.54) is 12.1 Å². The maximum Gasteiger partial charge on any atom is 0.307 e. The minimum atomic E-state index is -0.909. The molecule has 2 aliphatic rings. The smallest absolute Gasteiger partial charge is 0.307 e. The van der Waals surface area contributed by atoms with E-state index >= 15 is 0 Å². The number of amides is 1. The van der Waals surface area contributed by atoms with Crippen molar-refractivity contribution in [3.63, 3.8) is 0 Å². The van der Waals surface area contributed by atoms with Crippen LogP contribution in [0.4, 0.5) is 4.39 Å². The molecule has 2 aliphatic carbocycles. The summed E-state index contributed by atoms with van der Waals surface area (Å²) in [5.41, 5.74) is 0.787. The zero-order valence-electron chi connectivity index (χ0n) is 11.3. The number of carboxylic acids is 1. The summed E-state index contributed by atoms with van der Waals surface area (Å²) < 4.78 is 12.8. The van der Waals surface area contributed by atoms with Crippen molar-refractivity contribution >= 4 is 11.9 Å². The van der Waals surface area contributed by atoms with Gasteiger partial charge < -0.3 is 10.4 Å². The Labute approximate surface area is 121 Å². The van der Waals surface area contributed by atoms with Crippen LogP contribution in [0.2, 0.25) is 0 Å². The van der Waals surface area contributed by atoms with Crippen molar-refractivity contribution in [1.29, 1.82) is 0 Å². The van der Waals surface area contributed by atoms with Crippen LogP contribution in [0.25, 0.3) is 0 Å². The van der Waals surface area contributed by atoms with Gasteiger partial charge in [-0.2, -0.15) is 0 Å². The van der Waals surface area contributed by atoms with Gasteiger partial charge in [-0.25, -0.2) is 4.39 Å². The number of fused-ring (bicyclic) bond motifs is 2. The fourth-order valence-electron chi connectivity index (χ4n) is 3.43. The van der Waals surface area contributed by atoms with Crippen LogP contribution in [0.1, 0.15) is 12.0 Å². The standard InChI is InChI=1S/C16H16FNO3/c17-12-5-1-9(2-6-12)8-18-15(19)13-10-3-4-11(7-10)14(13)16(20)21/h1-6,10-11,13-14H,7-8H2,(H,18,19)(H,20,21)/t10-,11+,13+,14+/m1/s1. The highest BCUT2D eigenvalue weighted by Gasteiger charge is 2.51. The van der Waals surface area contributed by atoms with E-state index in [0.29, 0.717) is 0 Å². The van der Waals surface area contributed by atoms with Crippen LogP contribution >= 0.6 is 0 Å². The minimum absolute atomic E-state index is 0.0179. The summed E-state index contributed by atoms with van der Waals surface area (Å²) in [5, 5.41) is 12.1. The predicted octanol–water partition coefficient (Wildman–Crippen LogP) is 1.96. The fraction of sp³-hybridized carbons (Fsp3) is 0.375. The fourth-order valence-corrected chi connectivity index (χ4v) is 3.43. The average Bonchev–Trinajstić information content (AvgIpc) is 3.06. The monoisotopic (exact) mass is 289 g/mol. The molecule has 0 heterocycles. The first-order valence-electron chi connectivity index (χ1n) is 6.99. The van der Waals surface area contributed by atoms with Crippen LogP contribution in [0.3, 0.4) is 0 Å². The molecular formula is C16H16FNO3. The number of benzene rings is 1. The summed E-state index contributed by atoms with van der Waals surface area (Å²) in [5.74, 6) is -2.61. The van der Waals surface area contributed by atoms with Crippen molar-refractivity contribution < 1.29 is 19.1 Å². The number of carboxylic acid groups (broad SMARTS) is 1. The van der Waals surface area contributed by atoms with Crippen LogP contribution in [-0.4, -0.2) is 17.0 Å². The van der Waals surface area contributed by atoms with Crippen molar-refractivity contribution in [2.45, 2.75) is 13.0 Å². The average molecular weight is 289 g/mol. The van der Waals surface area contributed by atoms with Crippen LogP contribution in [0.15, 0.2) is 36.4 Å². The van der Waals surface area contributed by atoms with E-state index in [1.54, 1.807) is 12.1 Å². The lowest BCUT2D eigenvalue weighted by Gasteiger charge is -2.23. The molecule has 21 heavy (non-hydrogen) atoms. The molecule has 4 nitrogen and oxygen atoms in total. The third-order valence-corrected chi connectivity index (χ3v) is 4.43. The predicted molar refractivity (Wildman–Crippen MR) is 73.6 cm³/mol. The lowest BCUT2D eigenvalue weighted by atomic mass is 9.82. The van der Waals surface area contributed by atoms with Gasteiger partial charge in [-0.15, -0.1) is 0 Å². The molecule has 0 aromatic heterocycles. The van der Waals surface area contributed by atoms with Gasteiger partial charge in [-0.05, 0) is 36.0 Å². The molecule has 0 aliphatic heterocycles. The lowest BCUT2D eigenvalue weighted by molar-refractivity contribution is -0.147. The molecule has 0 radical (unpaired) electrons. The Kier molecular flexibility index (Phi) is 3.49. The first-order valence-corrected chi connectivity index (χ1v) is 6.99. The van der Waals surface area contributed by atoms with Crippen molar-refractivity contribution in [3.8, 4) is 0 Å². The van der Waals surface area contributed by atoms with Gasteiger partial charge in [0.15, 0.2) is 0 Å². The van der Waals surface area contributed by atoms with Crippen LogP contribution < -0.4 is 5.32 Å². The Bertz CT molecular complexity index is 596. The highest BCUT2D eigenvalue weighted by Crippen LogP contribution is 2.48. The molecule has 1 aromatic carbocycles. The summed E-state index contributed by atoms with van der Waals surface area (Å²) in [6, 6.07) is 5.87. The molecule has 0 unspecified atom stereocenters. The molecule has 1 aromatic rings. The van der Waals surface area contributed by atoms with Gasteiger partial charge in [-0.3, -0.25) is 9.59 Å². The van der Waals surface area contributed by atoms with Crippen LogP contribution in [-0.2, 0) is 16.1 Å². The molecule has 0 spiro atoms. The molecule has 4 atom stereocenters. The molecule has 1 fully saturated rings. The molecule has 1 amide bonds. The van der Waals surface area contributed by atoms with Gasteiger partial charge in [0.25, 0.3) is 0 Å². The molecule has 110 valence electrons. The van der Waals surface area contributed by atoms with Gasteiger partial charge in [0.2, 0.25) is 5.91 Å². The summed E-state index contributed by atoms with van der Waals surface area (Å²) >= 11 is 0. The number of hydrogen-bond acceptors (Lipinski definition) is 2. The van der Waals surface area contributed by atoms with Crippen LogP contribution in [0, 0.1) is 29.5 Å². The minimum Gasteiger partial charge on any atom is -0.481 e. The topological polar surface area (TPSA) is 66.4 Å². The van der Waals surface area contributed by atoms with Crippen molar-refractivity contribution in [2.75, 3.05) is 0 Å². The number of hydrogen-bond donors (Lipinski definition) is 2. The summed E-state index contributed by atoms with van der Waals surface area (Å²) in [7, 11) is 0. The van der Waals surface area contributed by atoms with E-state index in [1.807, 2.05) is 12.2 Å². The molecule has 5 heteroatoms. The first-order chi connectivity index (χ1) is 10.1. The van der Waals surface area contributed by atoms with Gasteiger partial charge in [0.05, 0.1) is 11.8 Å². The van der Waals surface area contributed by atoms with E-state index in [9.17, 15) is 19.1 Å². The number of halogens is 1. The maximum atomic E-state index is 12.8. The summed E-state index contributed by atoms with van der Waals surface area (Å²) in [4.78, 5) is 23.7. The van der Waals surface area contributed by atoms with Gasteiger partial charge >= 0.3 is 5.97 Å². The Morgan fingerprint density at radius 1 is 1.14 bits per heavy atom. The first kappa shape index (κ1) is 13.8. The zero-order chi connectivity index (χ0) is 15.0. The Balaban J connectivity index is 1.66. The van der Waals surface area contributed by atoms with Crippen molar-refractivity contribution in [3.05, 3.63) is 47.8 Å². The second kappa shape index (κ2) is 5.31. The number of rotatable bonds is 4. The van der Waals surface area contributed by atoms with Crippen molar-refractivity contribution in [1.82, 2.24) is 5.32 Å². The highest BCUT2D eigenvalue weighted by atomic mass is 19.1. The second-order valence-corrected chi connectivity index (χ2v) is 5.68. The molecular weight excluding hydrogens is 273 g/mol. The number of allylic oxidation sites excluding steroid dienone is 2. The maximum absolute atomic E-state index is 12.8. The normalized spacial score (nSPS) is 29.6. The Morgan fingerprint density at radius 2 is 1.76 bits per heavy atom. The Hall–Kier alpha value is -2.17. The van der Waals surface area contributed by atoms with E-state index in [2.05, 4.69) is 5.32 Å². The summed E-state index contributed by atoms with van der Waals surface area (Å²) in [6.45, 7) is 0.281. The van der Waals surface area contributed by atoms with Crippen LogP contribution in [0.5, 0.6) is 0 Å². The molecule has 1 saturated carbocycles. The number of nitrogens with one attached hydrogen (secondary N) is 1. The van der Waals surface area contributed by atoms with E-state index in [-0.39, 0.29) is 30.1 Å². The quantitative estimate of drug-likeness (QED) is 0.833. The van der Waals surface area contributed by atoms with E-state index in [0.717, 1.165) is 12.0 Å². The van der Waals surface area contributed by atoms with Gasteiger partial charge in [0.1, 0.15) is 5.82 Å². The molecule has 2 bridgehead atoms. The Morgan fingerprint density at radius 3 is 2.38 bits per heavy atom. The number of aliphatic carboxylic acids is 1. The molecule has 3 rings (SSSR count). The highest BCUT2D eigenvalue weighted by molar-refractivity contribution is 5.86. The third kappa shape index (κ3) is 2.55. The number of carbonyl (C=O) groups is 2. The summed E-state index contributed by atoms with van der Waals surface area (Å²) in [6.07, 6.45) is 4.60. The van der Waals surface area contributed by atoms with E-state index < -0.39 is 17.8 Å².